The number of hydrogen-bond donors (Lipinski definition) is 2. The topological polar surface area (TPSA) is 43.7 Å². The summed E-state index contributed by atoms with van der Waals surface area (Å²) < 4.78 is 0. The van der Waals surface area contributed by atoms with Crippen molar-refractivity contribution in [2.45, 2.75) is 56.5 Å². The van der Waals surface area contributed by atoms with Crippen LogP contribution in [0.2, 0.25) is 0 Å². The fourth-order valence-electron chi connectivity index (χ4n) is 3.50. The molecular formula is C15H21NO2. The molecule has 3 nitrogen and oxygen atoms in total. The second-order valence-electron chi connectivity index (χ2n) is 5.58. The summed E-state index contributed by atoms with van der Waals surface area (Å²) in [6.45, 7) is 0.838. The molecule has 2 saturated heterocycles. The Labute approximate surface area is 108 Å². The largest absolute Gasteiger partial charge is 0.391 e. The van der Waals surface area contributed by atoms with E-state index in [0.717, 1.165) is 32.2 Å². The van der Waals surface area contributed by atoms with E-state index < -0.39 is 0 Å². The monoisotopic (exact) mass is 247 g/mol. The molecule has 2 bridgehead atoms. The molecule has 2 N–H and O–H groups in total. The molecule has 18 heavy (non-hydrogen) atoms. The summed E-state index contributed by atoms with van der Waals surface area (Å²) in [5.74, 6) is 0. The molecule has 4 atom stereocenters. The number of aliphatic hydroxyl groups excluding tert-OH is 2. The van der Waals surface area contributed by atoms with Gasteiger partial charge in [0.25, 0.3) is 0 Å². The summed E-state index contributed by atoms with van der Waals surface area (Å²) in [5, 5.41) is 20.4. The van der Waals surface area contributed by atoms with Crippen molar-refractivity contribution in [2.24, 2.45) is 0 Å². The van der Waals surface area contributed by atoms with E-state index in [1.54, 1.807) is 0 Å². The Morgan fingerprint density at radius 1 is 0.889 bits per heavy atom. The Bertz CT molecular complexity index is 377. The van der Waals surface area contributed by atoms with Crippen LogP contribution < -0.4 is 0 Å². The average molecular weight is 247 g/mol. The minimum Gasteiger partial charge on any atom is -0.391 e. The number of rotatable bonds is 2. The third kappa shape index (κ3) is 2.18. The molecule has 3 rings (SSSR count). The van der Waals surface area contributed by atoms with Gasteiger partial charge in [-0.3, -0.25) is 4.90 Å². The van der Waals surface area contributed by atoms with E-state index in [1.807, 2.05) is 18.2 Å². The normalized spacial score (nSPS) is 36.6. The zero-order chi connectivity index (χ0) is 12.5. The molecule has 0 unspecified atom stereocenters. The first-order valence-electron chi connectivity index (χ1n) is 6.91. The fourth-order valence-corrected chi connectivity index (χ4v) is 3.50. The summed E-state index contributed by atoms with van der Waals surface area (Å²) in [4.78, 5) is 2.32. The minimum absolute atomic E-state index is 0.229. The second-order valence-corrected chi connectivity index (χ2v) is 5.58. The molecule has 0 amide bonds. The molecule has 0 radical (unpaired) electrons. The Morgan fingerprint density at radius 3 is 2.00 bits per heavy atom. The highest BCUT2D eigenvalue weighted by Crippen LogP contribution is 2.35. The number of aliphatic hydroxyl groups is 2. The van der Waals surface area contributed by atoms with Crippen molar-refractivity contribution in [3.05, 3.63) is 35.9 Å². The van der Waals surface area contributed by atoms with Gasteiger partial charge in [0, 0.05) is 18.6 Å². The highest BCUT2D eigenvalue weighted by molar-refractivity contribution is 5.15. The summed E-state index contributed by atoms with van der Waals surface area (Å²) in [6, 6.07) is 10.8. The smallest absolute Gasteiger partial charge is 0.0696 e. The van der Waals surface area contributed by atoms with Crippen LogP contribution in [0, 0.1) is 0 Å². The highest BCUT2D eigenvalue weighted by atomic mass is 16.3. The summed E-state index contributed by atoms with van der Waals surface area (Å²) in [6.07, 6.45) is 2.92. The second kappa shape index (κ2) is 5.00. The molecule has 98 valence electrons. The van der Waals surface area contributed by atoms with Gasteiger partial charge in [0.1, 0.15) is 0 Å². The van der Waals surface area contributed by atoms with Crippen molar-refractivity contribution in [3.8, 4) is 0 Å². The third-order valence-corrected chi connectivity index (χ3v) is 4.46. The van der Waals surface area contributed by atoms with Crippen molar-refractivity contribution < 1.29 is 10.2 Å². The van der Waals surface area contributed by atoms with Crippen LogP contribution in [0.15, 0.2) is 30.3 Å². The molecule has 1 aromatic rings. The molecule has 2 heterocycles. The van der Waals surface area contributed by atoms with E-state index in [1.165, 1.54) is 5.56 Å². The zero-order valence-corrected chi connectivity index (χ0v) is 10.6. The van der Waals surface area contributed by atoms with Gasteiger partial charge in [-0.2, -0.15) is 0 Å². The standard InChI is InChI=1S/C15H21NO2/c17-14-8-9-15(18)13-7-6-12(14)16(13)10-11-4-2-1-3-5-11/h1-5,12-15,17-18H,6-10H2/t12-,13+,14-,15+. The number of nitrogens with zero attached hydrogens (tertiary/aromatic N) is 1. The van der Waals surface area contributed by atoms with Gasteiger partial charge in [-0.15, -0.1) is 0 Å². The lowest BCUT2D eigenvalue weighted by molar-refractivity contribution is 0.0427. The van der Waals surface area contributed by atoms with Gasteiger partial charge in [-0.05, 0) is 31.2 Å². The molecule has 2 aliphatic heterocycles. The Kier molecular flexibility index (Phi) is 3.37. The molecule has 3 heteroatoms. The Morgan fingerprint density at radius 2 is 1.44 bits per heavy atom. The summed E-state index contributed by atoms with van der Waals surface area (Å²) in [7, 11) is 0. The maximum absolute atomic E-state index is 10.2. The van der Waals surface area contributed by atoms with Gasteiger partial charge in [-0.25, -0.2) is 0 Å². The maximum atomic E-state index is 10.2. The SMILES string of the molecule is O[C@@H]1CC[C@H](O)[C@@H]2CC[C@H]1N2Cc1ccccc1. The van der Waals surface area contributed by atoms with E-state index in [0.29, 0.717) is 0 Å². The van der Waals surface area contributed by atoms with E-state index in [-0.39, 0.29) is 24.3 Å². The minimum atomic E-state index is -0.282. The zero-order valence-electron chi connectivity index (χ0n) is 10.6. The van der Waals surface area contributed by atoms with Crippen LogP contribution >= 0.6 is 0 Å². The van der Waals surface area contributed by atoms with Crippen LogP contribution in [-0.2, 0) is 6.54 Å². The Hall–Kier alpha value is -0.900. The van der Waals surface area contributed by atoms with Crippen molar-refractivity contribution in [3.63, 3.8) is 0 Å². The van der Waals surface area contributed by atoms with E-state index >= 15 is 0 Å². The van der Waals surface area contributed by atoms with Gasteiger partial charge in [0.2, 0.25) is 0 Å². The van der Waals surface area contributed by atoms with Crippen molar-refractivity contribution in [1.82, 2.24) is 4.90 Å². The average Bonchev–Trinajstić information content (AvgIpc) is 2.75. The molecule has 1 aromatic carbocycles. The van der Waals surface area contributed by atoms with Crippen LogP contribution in [0.25, 0.3) is 0 Å². The number of fused-ring (bicyclic) bond motifs is 2. The molecule has 0 saturated carbocycles. The molecule has 0 spiro atoms. The first kappa shape index (κ1) is 12.2. The first-order chi connectivity index (χ1) is 8.75. The van der Waals surface area contributed by atoms with Crippen LogP contribution in [0.4, 0.5) is 0 Å². The van der Waals surface area contributed by atoms with Gasteiger partial charge >= 0.3 is 0 Å². The van der Waals surface area contributed by atoms with Crippen LogP contribution in [0.1, 0.15) is 31.2 Å². The number of hydrogen-bond acceptors (Lipinski definition) is 3. The van der Waals surface area contributed by atoms with Gasteiger partial charge in [-0.1, -0.05) is 30.3 Å². The van der Waals surface area contributed by atoms with E-state index in [9.17, 15) is 10.2 Å². The lowest BCUT2D eigenvalue weighted by Crippen LogP contribution is -2.43. The predicted octanol–water partition coefficient (Wildman–Crippen LogP) is 1.54. The summed E-state index contributed by atoms with van der Waals surface area (Å²) in [5.41, 5.74) is 1.26. The molecule has 2 aliphatic rings. The predicted molar refractivity (Wildman–Crippen MR) is 70.0 cm³/mol. The van der Waals surface area contributed by atoms with Crippen LogP contribution in [0.3, 0.4) is 0 Å². The number of benzene rings is 1. The first-order valence-corrected chi connectivity index (χ1v) is 6.91. The van der Waals surface area contributed by atoms with Crippen molar-refractivity contribution in [2.75, 3.05) is 0 Å². The molecule has 2 fully saturated rings. The van der Waals surface area contributed by atoms with Crippen molar-refractivity contribution >= 4 is 0 Å². The van der Waals surface area contributed by atoms with Crippen LogP contribution in [0.5, 0.6) is 0 Å². The van der Waals surface area contributed by atoms with Crippen molar-refractivity contribution in [1.29, 1.82) is 0 Å². The fraction of sp³-hybridized carbons (Fsp3) is 0.600. The summed E-state index contributed by atoms with van der Waals surface area (Å²) >= 11 is 0. The maximum Gasteiger partial charge on any atom is 0.0696 e. The Balaban J connectivity index is 1.81. The van der Waals surface area contributed by atoms with E-state index in [2.05, 4.69) is 17.0 Å². The lowest BCUT2D eigenvalue weighted by Gasteiger charge is -2.31. The quantitative estimate of drug-likeness (QED) is 0.833. The van der Waals surface area contributed by atoms with Crippen LogP contribution in [-0.4, -0.2) is 39.4 Å². The van der Waals surface area contributed by atoms with Gasteiger partial charge < -0.3 is 10.2 Å². The highest BCUT2D eigenvalue weighted by Gasteiger charge is 2.43. The van der Waals surface area contributed by atoms with Gasteiger partial charge in [0.15, 0.2) is 0 Å². The van der Waals surface area contributed by atoms with E-state index in [4.69, 9.17) is 0 Å². The van der Waals surface area contributed by atoms with Gasteiger partial charge in [0.05, 0.1) is 12.2 Å². The third-order valence-electron chi connectivity index (χ3n) is 4.46. The molecule has 0 aliphatic carbocycles. The lowest BCUT2D eigenvalue weighted by atomic mass is 9.97. The molecule has 0 aromatic heterocycles. The molecular weight excluding hydrogens is 226 g/mol.